The van der Waals surface area contributed by atoms with Crippen molar-refractivity contribution < 1.29 is 4.79 Å². The molecule has 1 aliphatic carbocycles. The van der Waals surface area contributed by atoms with Gasteiger partial charge in [0.25, 0.3) is 0 Å². The van der Waals surface area contributed by atoms with Crippen LogP contribution in [0.15, 0.2) is 0 Å². The zero-order chi connectivity index (χ0) is 9.19. The normalized spacial score (nSPS) is 33.1. The van der Waals surface area contributed by atoms with E-state index in [1.165, 1.54) is 0 Å². The highest BCUT2D eigenvalue weighted by Gasteiger charge is 2.54. The zero-order valence-corrected chi connectivity index (χ0v) is 9.64. The van der Waals surface area contributed by atoms with Crippen molar-refractivity contribution in [3.63, 3.8) is 0 Å². The van der Waals surface area contributed by atoms with Gasteiger partial charge in [-0.2, -0.15) is 0 Å². The number of nitrogens with one attached hydrogen (secondary N) is 2. The third kappa shape index (κ3) is 2.10. The second-order valence-corrected chi connectivity index (χ2v) is 4.95. The van der Waals surface area contributed by atoms with Crippen LogP contribution in [-0.4, -0.2) is 30.0 Å². The summed E-state index contributed by atoms with van der Waals surface area (Å²) < 4.78 is 0.532. The van der Waals surface area contributed by atoms with Crippen molar-refractivity contribution in [2.24, 2.45) is 5.41 Å². The third-order valence-corrected chi connectivity index (χ3v) is 4.13. The van der Waals surface area contributed by atoms with Crippen LogP contribution in [0.5, 0.6) is 0 Å². The second kappa shape index (κ2) is 3.91. The number of amides is 1. The maximum absolute atomic E-state index is 11.5. The van der Waals surface area contributed by atoms with Gasteiger partial charge in [0.15, 0.2) is 0 Å². The molecule has 70 valence electrons. The number of carbonyl (C=O) groups is 1. The van der Waals surface area contributed by atoms with Gasteiger partial charge in [-0.1, -0.05) is 22.6 Å². The van der Waals surface area contributed by atoms with Gasteiger partial charge in [-0.05, 0) is 20.4 Å². The summed E-state index contributed by atoms with van der Waals surface area (Å²) in [5.41, 5.74) is -0.0751. The first-order chi connectivity index (χ1) is 5.61. The van der Waals surface area contributed by atoms with Crippen LogP contribution in [0, 0.1) is 5.41 Å². The van der Waals surface area contributed by atoms with E-state index in [1.807, 2.05) is 14.0 Å². The fourth-order valence-corrected chi connectivity index (χ4v) is 2.25. The Kier molecular flexibility index (Phi) is 3.34. The maximum atomic E-state index is 11.5. The lowest BCUT2D eigenvalue weighted by atomic mass is 10.1. The Labute approximate surface area is 86.8 Å². The Balaban J connectivity index is 2.21. The average molecular weight is 282 g/mol. The standard InChI is InChI=1S/C8H15IN2O/c1-8(5-6(8)9)7(12)11-4-3-10-2/h6,10H,3-5H2,1-2H3,(H,11,12). The molecule has 2 unspecified atom stereocenters. The lowest BCUT2D eigenvalue weighted by Gasteiger charge is -2.09. The van der Waals surface area contributed by atoms with Crippen molar-refractivity contribution in [3.8, 4) is 0 Å². The van der Waals surface area contributed by atoms with E-state index < -0.39 is 0 Å². The summed E-state index contributed by atoms with van der Waals surface area (Å²) in [7, 11) is 1.88. The molecular weight excluding hydrogens is 267 g/mol. The van der Waals surface area contributed by atoms with Crippen LogP contribution in [0.4, 0.5) is 0 Å². The Morgan fingerprint density at radius 2 is 2.25 bits per heavy atom. The number of carbonyl (C=O) groups excluding carboxylic acids is 1. The molecule has 2 N–H and O–H groups in total. The molecule has 0 aromatic rings. The van der Waals surface area contributed by atoms with Gasteiger partial charge in [0.2, 0.25) is 5.91 Å². The fraction of sp³-hybridized carbons (Fsp3) is 0.875. The fourth-order valence-electron chi connectivity index (χ4n) is 1.05. The zero-order valence-electron chi connectivity index (χ0n) is 7.48. The van der Waals surface area contributed by atoms with Gasteiger partial charge in [-0.3, -0.25) is 4.79 Å². The summed E-state index contributed by atoms with van der Waals surface area (Å²) in [5, 5.41) is 5.90. The molecule has 0 heterocycles. The summed E-state index contributed by atoms with van der Waals surface area (Å²) in [4.78, 5) is 11.5. The molecule has 1 amide bonds. The highest BCUT2D eigenvalue weighted by Crippen LogP contribution is 2.51. The lowest BCUT2D eigenvalue weighted by Crippen LogP contribution is -2.35. The van der Waals surface area contributed by atoms with Crippen LogP contribution in [0.3, 0.4) is 0 Å². The van der Waals surface area contributed by atoms with Crippen LogP contribution in [-0.2, 0) is 4.79 Å². The van der Waals surface area contributed by atoms with Crippen LogP contribution in [0.25, 0.3) is 0 Å². The number of alkyl halides is 1. The van der Waals surface area contributed by atoms with Crippen molar-refractivity contribution in [2.75, 3.05) is 20.1 Å². The molecule has 1 aliphatic rings. The molecule has 3 nitrogen and oxygen atoms in total. The van der Waals surface area contributed by atoms with E-state index in [2.05, 4.69) is 33.2 Å². The molecule has 1 rings (SSSR count). The van der Waals surface area contributed by atoms with Gasteiger partial charge >= 0.3 is 0 Å². The minimum absolute atomic E-state index is 0.0751. The van der Waals surface area contributed by atoms with Crippen molar-refractivity contribution in [1.82, 2.24) is 10.6 Å². The summed E-state index contributed by atoms with van der Waals surface area (Å²) in [6.45, 7) is 3.60. The van der Waals surface area contributed by atoms with Crippen molar-refractivity contribution >= 4 is 28.5 Å². The predicted octanol–water partition coefficient (Wildman–Crippen LogP) is 0.536. The molecule has 0 aromatic carbocycles. The van der Waals surface area contributed by atoms with Crippen LogP contribution < -0.4 is 10.6 Å². The molecule has 12 heavy (non-hydrogen) atoms. The largest absolute Gasteiger partial charge is 0.354 e. The minimum atomic E-state index is -0.0751. The van der Waals surface area contributed by atoms with E-state index in [9.17, 15) is 4.79 Å². The van der Waals surface area contributed by atoms with Gasteiger partial charge in [-0.25, -0.2) is 0 Å². The van der Waals surface area contributed by atoms with Crippen LogP contribution in [0.2, 0.25) is 0 Å². The van der Waals surface area contributed by atoms with E-state index in [-0.39, 0.29) is 11.3 Å². The van der Waals surface area contributed by atoms with Crippen molar-refractivity contribution in [3.05, 3.63) is 0 Å². The molecule has 1 saturated carbocycles. The summed E-state index contributed by atoms with van der Waals surface area (Å²) in [6.07, 6.45) is 1.03. The highest BCUT2D eigenvalue weighted by molar-refractivity contribution is 14.1. The Hall–Kier alpha value is 0.160. The van der Waals surface area contributed by atoms with Gasteiger partial charge in [0.05, 0.1) is 5.41 Å². The molecule has 0 bridgehead atoms. The highest BCUT2D eigenvalue weighted by atomic mass is 127. The molecule has 2 atom stereocenters. The van der Waals surface area contributed by atoms with E-state index >= 15 is 0 Å². The molecule has 0 spiro atoms. The summed E-state index contributed by atoms with van der Waals surface area (Å²) in [6, 6.07) is 0. The Morgan fingerprint density at radius 3 is 2.67 bits per heavy atom. The third-order valence-electron chi connectivity index (χ3n) is 2.31. The average Bonchev–Trinajstić information content (AvgIpc) is 2.62. The number of hydrogen-bond donors (Lipinski definition) is 2. The van der Waals surface area contributed by atoms with Gasteiger partial charge in [-0.15, -0.1) is 0 Å². The van der Waals surface area contributed by atoms with Crippen LogP contribution >= 0.6 is 22.6 Å². The second-order valence-electron chi connectivity index (χ2n) is 3.45. The monoisotopic (exact) mass is 282 g/mol. The SMILES string of the molecule is CNCCNC(=O)C1(C)CC1I. The maximum Gasteiger partial charge on any atom is 0.227 e. The van der Waals surface area contributed by atoms with E-state index in [0.29, 0.717) is 3.92 Å². The van der Waals surface area contributed by atoms with Gasteiger partial charge in [0, 0.05) is 17.0 Å². The molecule has 1 fully saturated rings. The van der Waals surface area contributed by atoms with Crippen molar-refractivity contribution in [1.29, 1.82) is 0 Å². The summed E-state index contributed by atoms with van der Waals surface area (Å²) >= 11 is 2.33. The van der Waals surface area contributed by atoms with Gasteiger partial charge in [0.1, 0.15) is 0 Å². The first-order valence-electron chi connectivity index (χ1n) is 4.18. The Morgan fingerprint density at radius 1 is 1.67 bits per heavy atom. The molecule has 4 heteroatoms. The number of likely N-dealkylation sites (N-methyl/N-ethyl adjacent to an activating group) is 1. The van der Waals surface area contributed by atoms with Crippen molar-refractivity contribution in [2.45, 2.75) is 17.3 Å². The molecule has 0 radical (unpaired) electrons. The topological polar surface area (TPSA) is 41.1 Å². The first kappa shape index (κ1) is 10.2. The quantitative estimate of drug-likeness (QED) is 0.449. The molecule has 0 aliphatic heterocycles. The number of hydrogen-bond acceptors (Lipinski definition) is 2. The first-order valence-corrected chi connectivity index (χ1v) is 5.43. The van der Waals surface area contributed by atoms with E-state index in [0.717, 1.165) is 19.5 Å². The van der Waals surface area contributed by atoms with Gasteiger partial charge < -0.3 is 10.6 Å². The minimum Gasteiger partial charge on any atom is -0.354 e. The molecule has 0 aromatic heterocycles. The number of halogens is 1. The number of rotatable bonds is 4. The van der Waals surface area contributed by atoms with Crippen LogP contribution in [0.1, 0.15) is 13.3 Å². The summed E-state index contributed by atoms with van der Waals surface area (Å²) in [5.74, 6) is 0.206. The molecular formula is C8H15IN2O. The smallest absolute Gasteiger partial charge is 0.227 e. The predicted molar refractivity (Wildman–Crippen MR) is 57.5 cm³/mol. The van der Waals surface area contributed by atoms with E-state index in [4.69, 9.17) is 0 Å². The lowest BCUT2D eigenvalue weighted by molar-refractivity contribution is -0.125. The Bertz CT molecular complexity index is 186. The van der Waals surface area contributed by atoms with E-state index in [1.54, 1.807) is 0 Å². The molecule has 0 saturated heterocycles.